The Bertz CT molecular complexity index is 526. The van der Waals surface area contributed by atoms with Gasteiger partial charge in [-0.05, 0) is 38.4 Å². The van der Waals surface area contributed by atoms with E-state index in [1.807, 2.05) is 13.0 Å². The van der Waals surface area contributed by atoms with Crippen LogP contribution < -0.4 is 5.32 Å². The highest BCUT2D eigenvalue weighted by Crippen LogP contribution is 2.26. The van der Waals surface area contributed by atoms with E-state index in [0.29, 0.717) is 11.7 Å². The van der Waals surface area contributed by atoms with Crippen LogP contribution in [0.3, 0.4) is 0 Å². The lowest BCUT2D eigenvalue weighted by Crippen LogP contribution is -2.14. The summed E-state index contributed by atoms with van der Waals surface area (Å²) >= 11 is 0. The van der Waals surface area contributed by atoms with E-state index < -0.39 is 0 Å². The Morgan fingerprint density at radius 2 is 2.38 bits per heavy atom. The first-order chi connectivity index (χ1) is 7.77. The summed E-state index contributed by atoms with van der Waals surface area (Å²) in [5, 5.41) is 3.40. The van der Waals surface area contributed by atoms with Gasteiger partial charge in [0.25, 0.3) is 0 Å². The molecule has 1 aliphatic rings. The molecule has 2 aromatic rings. The molecule has 0 bridgehead atoms. The predicted molar refractivity (Wildman–Crippen MR) is 59.9 cm³/mol. The van der Waals surface area contributed by atoms with Crippen molar-refractivity contribution in [2.24, 2.45) is 0 Å². The van der Waals surface area contributed by atoms with E-state index >= 15 is 0 Å². The fourth-order valence-corrected chi connectivity index (χ4v) is 2.46. The third-order valence-electron chi connectivity index (χ3n) is 3.25. The van der Waals surface area contributed by atoms with Crippen LogP contribution in [0.4, 0.5) is 4.39 Å². The third-order valence-corrected chi connectivity index (χ3v) is 3.25. The second kappa shape index (κ2) is 3.56. The van der Waals surface area contributed by atoms with Gasteiger partial charge in [0.1, 0.15) is 5.65 Å². The minimum absolute atomic E-state index is 0.244. The Labute approximate surface area is 93.3 Å². The van der Waals surface area contributed by atoms with Crippen LogP contribution >= 0.6 is 0 Å². The van der Waals surface area contributed by atoms with Crippen LogP contribution in [0.15, 0.2) is 18.2 Å². The van der Waals surface area contributed by atoms with Crippen molar-refractivity contribution in [3.63, 3.8) is 0 Å². The topological polar surface area (TPSA) is 29.3 Å². The van der Waals surface area contributed by atoms with Crippen LogP contribution in [0, 0.1) is 12.9 Å². The molecule has 0 aromatic carbocycles. The molecule has 16 heavy (non-hydrogen) atoms. The third kappa shape index (κ3) is 1.33. The number of imidazole rings is 1. The average molecular weight is 219 g/mol. The molecule has 0 saturated carbocycles. The fourth-order valence-electron chi connectivity index (χ4n) is 2.46. The molecule has 3 heterocycles. The summed E-state index contributed by atoms with van der Waals surface area (Å²) < 4.78 is 15.2. The zero-order valence-corrected chi connectivity index (χ0v) is 9.20. The molecule has 0 amide bonds. The zero-order chi connectivity index (χ0) is 11.1. The fraction of sp³-hybridized carbons (Fsp3) is 0.417. The molecule has 0 aliphatic carbocycles. The average Bonchev–Trinajstić information content (AvgIpc) is 2.86. The van der Waals surface area contributed by atoms with Gasteiger partial charge in [0.2, 0.25) is 0 Å². The monoisotopic (exact) mass is 219 g/mol. The Hall–Kier alpha value is -1.42. The summed E-state index contributed by atoms with van der Waals surface area (Å²) in [4.78, 5) is 4.52. The molecule has 2 aromatic heterocycles. The summed E-state index contributed by atoms with van der Waals surface area (Å²) in [7, 11) is 0. The molecule has 4 heteroatoms. The van der Waals surface area contributed by atoms with Crippen molar-refractivity contribution in [2.75, 3.05) is 6.54 Å². The van der Waals surface area contributed by atoms with Crippen molar-refractivity contribution < 1.29 is 4.39 Å². The molecular weight excluding hydrogens is 205 g/mol. The van der Waals surface area contributed by atoms with Crippen molar-refractivity contribution in [1.29, 1.82) is 0 Å². The second-order valence-corrected chi connectivity index (χ2v) is 4.27. The number of nitrogens with zero attached hydrogens (tertiary/aromatic N) is 2. The first-order valence-corrected chi connectivity index (χ1v) is 5.64. The smallest absolute Gasteiger partial charge is 0.199 e. The summed E-state index contributed by atoms with van der Waals surface area (Å²) in [5.41, 5.74) is 2.59. The van der Waals surface area contributed by atoms with E-state index in [0.717, 1.165) is 24.4 Å². The van der Waals surface area contributed by atoms with Gasteiger partial charge in [-0.25, -0.2) is 4.98 Å². The van der Waals surface area contributed by atoms with Crippen molar-refractivity contribution in [2.45, 2.75) is 25.8 Å². The van der Waals surface area contributed by atoms with Crippen LogP contribution in [0.1, 0.15) is 30.3 Å². The van der Waals surface area contributed by atoms with Crippen molar-refractivity contribution in [3.8, 4) is 0 Å². The number of hydrogen-bond acceptors (Lipinski definition) is 2. The molecule has 1 unspecified atom stereocenters. The summed E-state index contributed by atoms with van der Waals surface area (Å²) in [6.45, 7) is 2.96. The first kappa shape index (κ1) is 9.78. The van der Waals surface area contributed by atoms with E-state index in [4.69, 9.17) is 0 Å². The van der Waals surface area contributed by atoms with Gasteiger partial charge in [0, 0.05) is 5.69 Å². The standard InChI is InChI=1S/C12H14FN3/c1-8-12(9-4-3-7-14-9)15-11-6-2-5-10(13)16(8)11/h2,5-6,9,14H,3-4,7H2,1H3. The lowest BCUT2D eigenvalue weighted by Gasteiger charge is -2.07. The number of rotatable bonds is 1. The van der Waals surface area contributed by atoms with Gasteiger partial charge in [-0.2, -0.15) is 4.39 Å². The maximum absolute atomic E-state index is 13.6. The van der Waals surface area contributed by atoms with E-state index in [1.165, 1.54) is 12.5 Å². The summed E-state index contributed by atoms with van der Waals surface area (Å²) in [6.07, 6.45) is 2.26. The van der Waals surface area contributed by atoms with Gasteiger partial charge in [-0.1, -0.05) is 6.07 Å². The van der Waals surface area contributed by atoms with Crippen LogP contribution in [0.5, 0.6) is 0 Å². The second-order valence-electron chi connectivity index (χ2n) is 4.27. The minimum atomic E-state index is -0.244. The molecule has 1 atom stereocenters. The minimum Gasteiger partial charge on any atom is -0.309 e. The number of fused-ring (bicyclic) bond motifs is 1. The molecule has 1 saturated heterocycles. The van der Waals surface area contributed by atoms with Gasteiger partial charge in [0.15, 0.2) is 5.95 Å². The Kier molecular flexibility index (Phi) is 2.17. The summed E-state index contributed by atoms with van der Waals surface area (Å²) in [6, 6.07) is 5.30. The largest absolute Gasteiger partial charge is 0.309 e. The molecular formula is C12H14FN3. The van der Waals surface area contributed by atoms with Crippen molar-refractivity contribution in [3.05, 3.63) is 35.5 Å². The van der Waals surface area contributed by atoms with Crippen LogP contribution in [-0.4, -0.2) is 15.9 Å². The number of aryl methyl sites for hydroxylation is 1. The number of nitrogens with one attached hydrogen (secondary N) is 1. The first-order valence-electron chi connectivity index (χ1n) is 5.64. The highest BCUT2D eigenvalue weighted by molar-refractivity contribution is 5.44. The van der Waals surface area contributed by atoms with Gasteiger partial charge in [-0.15, -0.1) is 0 Å². The Morgan fingerprint density at radius 3 is 3.06 bits per heavy atom. The number of pyridine rings is 1. The van der Waals surface area contributed by atoms with Crippen molar-refractivity contribution in [1.82, 2.24) is 14.7 Å². The number of hydrogen-bond donors (Lipinski definition) is 1. The Morgan fingerprint density at radius 1 is 1.50 bits per heavy atom. The zero-order valence-electron chi connectivity index (χ0n) is 9.20. The van der Waals surface area contributed by atoms with Crippen LogP contribution in [0.25, 0.3) is 5.65 Å². The highest BCUT2D eigenvalue weighted by Gasteiger charge is 2.22. The predicted octanol–water partition coefficient (Wildman–Crippen LogP) is 2.21. The number of aromatic nitrogens is 2. The maximum Gasteiger partial charge on any atom is 0.199 e. The molecule has 0 radical (unpaired) electrons. The SMILES string of the molecule is Cc1c(C2CCCN2)nc2cccc(F)n12. The molecule has 1 N–H and O–H groups in total. The normalized spacial score (nSPS) is 20.8. The lowest BCUT2D eigenvalue weighted by molar-refractivity contribution is 0.560. The van der Waals surface area contributed by atoms with Gasteiger partial charge in [0.05, 0.1) is 11.7 Å². The van der Waals surface area contributed by atoms with Gasteiger partial charge < -0.3 is 5.32 Å². The molecule has 1 aliphatic heterocycles. The number of halogens is 1. The molecule has 3 rings (SSSR count). The molecule has 3 nitrogen and oxygen atoms in total. The quantitative estimate of drug-likeness (QED) is 0.745. The van der Waals surface area contributed by atoms with E-state index in [1.54, 1.807) is 10.5 Å². The maximum atomic E-state index is 13.6. The molecule has 0 spiro atoms. The highest BCUT2D eigenvalue weighted by atomic mass is 19.1. The lowest BCUT2D eigenvalue weighted by atomic mass is 10.1. The van der Waals surface area contributed by atoms with Gasteiger partial charge >= 0.3 is 0 Å². The van der Waals surface area contributed by atoms with E-state index in [2.05, 4.69) is 10.3 Å². The van der Waals surface area contributed by atoms with Crippen LogP contribution in [0.2, 0.25) is 0 Å². The van der Waals surface area contributed by atoms with E-state index in [-0.39, 0.29) is 5.95 Å². The molecule has 1 fully saturated rings. The van der Waals surface area contributed by atoms with Gasteiger partial charge in [-0.3, -0.25) is 4.40 Å². The Balaban J connectivity index is 2.19. The van der Waals surface area contributed by atoms with Crippen molar-refractivity contribution >= 4 is 5.65 Å². The van der Waals surface area contributed by atoms with Crippen LogP contribution in [-0.2, 0) is 0 Å². The summed E-state index contributed by atoms with van der Waals surface area (Å²) in [5.74, 6) is -0.244. The van der Waals surface area contributed by atoms with E-state index in [9.17, 15) is 4.39 Å². The molecule has 84 valence electrons.